The summed E-state index contributed by atoms with van der Waals surface area (Å²) in [6, 6.07) is 3.86. The third-order valence-corrected chi connectivity index (χ3v) is 5.15. The average molecular weight is 508 g/mol. The van der Waals surface area contributed by atoms with Gasteiger partial charge in [0.2, 0.25) is 0 Å². The maximum atomic E-state index is 10.7. The number of nitrogens with one attached hydrogen (secondary N) is 2. The topological polar surface area (TPSA) is 96.6 Å². The molecule has 0 spiro atoms. The standard InChI is InChI=1S/C17H28N6O2S.HI/c1-13-21-22-15(23(13)3)11-19-16(18-8-6-9-25-4)20-12-17(2,24)14-7-5-10-26-14;/h5,7,10,24H,6,8-9,11-12H2,1-4H3,(H2,18,19,20);1H. The Bertz CT molecular complexity index is 702. The minimum absolute atomic E-state index is 0. The number of aryl methyl sites for hydroxylation is 1. The van der Waals surface area contributed by atoms with Crippen LogP contribution < -0.4 is 10.6 Å². The zero-order valence-electron chi connectivity index (χ0n) is 16.2. The van der Waals surface area contributed by atoms with Gasteiger partial charge in [-0.15, -0.1) is 45.5 Å². The number of aliphatic imine (C=N–C) groups is 1. The van der Waals surface area contributed by atoms with Crippen molar-refractivity contribution >= 4 is 41.3 Å². The first-order chi connectivity index (χ1) is 12.4. The van der Waals surface area contributed by atoms with Crippen LogP contribution in [0, 0.1) is 6.92 Å². The molecule has 2 heterocycles. The minimum Gasteiger partial charge on any atom is -0.385 e. The molecule has 3 N–H and O–H groups in total. The molecular weight excluding hydrogens is 479 g/mol. The smallest absolute Gasteiger partial charge is 0.191 e. The van der Waals surface area contributed by atoms with Gasteiger partial charge in [0.05, 0.1) is 6.54 Å². The van der Waals surface area contributed by atoms with Crippen molar-refractivity contribution in [2.75, 3.05) is 26.8 Å². The van der Waals surface area contributed by atoms with Gasteiger partial charge in [0.1, 0.15) is 18.0 Å². The van der Waals surface area contributed by atoms with Crippen LogP contribution in [0.3, 0.4) is 0 Å². The maximum absolute atomic E-state index is 10.7. The van der Waals surface area contributed by atoms with E-state index in [0.29, 0.717) is 25.7 Å². The van der Waals surface area contributed by atoms with Crippen molar-refractivity contribution in [2.24, 2.45) is 12.0 Å². The number of guanidine groups is 1. The van der Waals surface area contributed by atoms with Crippen molar-refractivity contribution in [3.05, 3.63) is 34.0 Å². The van der Waals surface area contributed by atoms with E-state index in [0.717, 1.165) is 29.5 Å². The fourth-order valence-electron chi connectivity index (χ4n) is 2.26. The lowest BCUT2D eigenvalue weighted by Crippen LogP contribution is -2.44. The second-order valence-corrected chi connectivity index (χ2v) is 7.21. The van der Waals surface area contributed by atoms with Crippen molar-refractivity contribution in [1.29, 1.82) is 0 Å². The van der Waals surface area contributed by atoms with Crippen LogP contribution in [0.15, 0.2) is 22.5 Å². The van der Waals surface area contributed by atoms with Gasteiger partial charge in [-0.2, -0.15) is 0 Å². The summed E-state index contributed by atoms with van der Waals surface area (Å²) < 4.78 is 6.98. The van der Waals surface area contributed by atoms with Gasteiger partial charge in [-0.25, -0.2) is 4.99 Å². The summed E-state index contributed by atoms with van der Waals surface area (Å²) >= 11 is 1.53. The zero-order valence-corrected chi connectivity index (χ0v) is 19.4. The molecule has 2 rings (SSSR count). The van der Waals surface area contributed by atoms with Crippen LogP contribution in [-0.2, 0) is 23.9 Å². The number of thiophene rings is 1. The number of hydrogen-bond acceptors (Lipinski definition) is 6. The summed E-state index contributed by atoms with van der Waals surface area (Å²) in [5, 5.41) is 27.3. The summed E-state index contributed by atoms with van der Waals surface area (Å²) in [7, 11) is 3.60. The van der Waals surface area contributed by atoms with Crippen LogP contribution in [-0.4, -0.2) is 52.6 Å². The fraction of sp³-hybridized carbons (Fsp3) is 0.588. The number of nitrogens with zero attached hydrogens (tertiary/aromatic N) is 4. The Morgan fingerprint density at radius 1 is 1.41 bits per heavy atom. The average Bonchev–Trinajstić information content (AvgIpc) is 3.26. The predicted octanol–water partition coefficient (Wildman–Crippen LogP) is 1.78. The van der Waals surface area contributed by atoms with E-state index in [9.17, 15) is 5.11 Å². The zero-order chi connectivity index (χ0) is 19.0. The third kappa shape index (κ3) is 7.35. The predicted molar refractivity (Wildman–Crippen MR) is 119 cm³/mol. The van der Waals surface area contributed by atoms with E-state index >= 15 is 0 Å². The normalized spacial score (nSPS) is 13.7. The molecule has 0 aliphatic rings. The molecule has 0 saturated carbocycles. The Morgan fingerprint density at radius 2 is 2.19 bits per heavy atom. The fourth-order valence-corrected chi connectivity index (χ4v) is 3.05. The van der Waals surface area contributed by atoms with Crippen LogP contribution >= 0.6 is 35.3 Å². The van der Waals surface area contributed by atoms with E-state index in [1.54, 1.807) is 14.0 Å². The molecule has 0 amide bonds. The van der Waals surface area contributed by atoms with Crippen molar-refractivity contribution < 1.29 is 9.84 Å². The molecule has 0 aromatic carbocycles. The Hall–Kier alpha value is -1.24. The van der Waals surface area contributed by atoms with Crippen molar-refractivity contribution in [3.8, 4) is 0 Å². The number of aromatic nitrogens is 3. The lowest BCUT2D eigenvalue weighted by Gasteiger charge is -2.24. The highest BCUT2D eigenvalue weighted by Crippen LogP contribution is 2.24. The molecular formula is C17H29IN6O2S. The number of aliphatic hydroxyl groups is 1. The summed E-state index contributed by atoms with van der Waals surface area (Å²) in [5.74, 6) is 2.25. The highest BCUT2D eigenvalue weighted by Gasteiger charge is 2.24. The van der Waals surface area contributed by atoms with E-state index in [-0.39, 0.29) is 24.0 Å². The molecule has 1 atom stereocenters. The molecule has 10 heteroatoms. The molecule has 0 bridgehead atoms. The highest BCUT2D eigenvalue weighted by atomic mass is 127. The van der Waals surface area contributed by atoms with Gasteiger partial charge < -0.3 is 25.0 Å². The molecule has 1 unspecified atom stereocenters. The summed E-state index contributed by atoms with van der Waals surface area (Å²) in [6.45, 7) is 5.84. The van der Waals surface area contributed by atoms with E-state index < -0.39 is 5.60 Å². The van der Waals surface area contributed by atoms with Gasteiger partial charge in [-0.1, -0.05) is 6.07 Å². The minimum atomic E-state index is -0.968. The maximum Gasteiger partial charge on any atom is 0.191 e. The lowest BCUT2D eigenvalue weighted by atomic mass is 10.1. The number of rotatable bonds is 9. The molecule has 27 heavy (non-hydrogen) atoms. The van der Waals surface area contributed by atoms with Crippen molar-refractivity contribution in [2.45, 2.75) is 32.4 Å². The van der Waals surface area contributed by atoms with Crippen LogP contribution in [0.4, 0.5) is 0 Å². The lowest BCUT2D eigenvalue weighted by molar-refractivity contribution is 0.0655. The van der Waals surface area contributed by atoms with E-state index in [1.165, 1.54) is 11.3 Å². The quantitative estimate of drug-likeness (QED) is 0.207. The second-order valence-electron chi connectivity index (χ2n) is 6.27. The Balaban J connectivity index is 0.00000364. The van der Waals surface area contributed by atoms with Crippen LogP contribution in [0.5, 0.6) is 0 Å². The van der Waals surface area contributed by atoms with E-state index in [4.69, 9.17) is 4.74 Å². The molecule has 0 aliphatic heterocycles. The number of methoxy groups -OCH3 is 1. The highest BCUT2D eigenvalue weighted by molar-refractivity contribution is 14.0. The molecule has 0 saturated heterocycles. The molecule has 2 aromatic heterocycles. The molecule has 152 valence electrons. The first-order valence-corrected chi connectivity index (χ1v) is 9.44. The van der Waals surface area contributed by atoms with Gasteiger partial charge in [-0.05, 0) is 31.7 Å². The Labute approximate surface area is 181 Å². The number of halogens is 1. The largest absolute Gasteiger partial charge is 0.385 e. The number of hydrogen-bond donors (Lipinski definition) is 3. The van der Waals surface area contributed by atoms with Crippen LogP contribution in [0.2, 0.25) is 0 Å². The Kier molecular flexibility index (Phi) is 10.2. The van der Waals surface area contributed by atoms with Gasteiger partial charge in [0, 0.05) is 32.2 Å². The SMILES string of the molecule is COCCCNC(=NCc1nnc(C)n1C)NCC(C)(O)c1cccs1.I. The molecule has 8 nitrogen and oxygen atoms in total. The van der Waals surface area contributed by atoms with Crippen molar-refractivity contribution in [3.63, 3.8) is 0 Å². The third-order valence-electron chi connectivity index (χ3n) is 4.03. The van der Waals surface area contributed by atoms with E-state index in [1.807, 2.05) is 36.1 Å². The van der Waals surface area contributed by atoms with Crippen LogP contribution in [0.25, 0.3) is 0 Å². The first-order valence-electron chi connectivity index (χ1n) is 8.56. The first kappa shape index (κ1) is 23.8. The van der Waals surface area contributed by atoms with Crippen LogP contribution in [0.1, 0.15) is 29.9 Å². The molecule has 2 aromatic rings. The van der Waals surface area contributed by atoms with Gasteiger partial charge in [-0.3, -0.25) is 0 Å². The van der Waals surface area contributed by atoms with Gasteiger partial charge >= 0.3 is 0 Å². The summed E-state index contributed by atoms with van der Waals surface area (Å²) in [4.78, 5) is 5.48. The molecule has 0 aliphatic carbocycles. The summed E-state index contributed by atoms with van der Waals surface area (Å²) in [6.07, 6.45) is 0.863. The monoisotopic (exact) mass is 508 g/mol. The second kappa shape index (κ2) is 11.6. The Morgan fingerprint density at radius 3 is 2.78 bits per heavy atom. The van der Waals surface area contributed by atoms with Crippen molar-refractivity contribution in [1.82, 2.24) is 25.4 Å². The van der Waals surface area contributed by atoms with Gasteiger partial charge in [0.15, 0.2) is 11.8 Å². The van der Waals surface area contributed by atoms with E-state index in [2.05, 4.69) is 25.8 Å². The van der Waals surface area contributed by atoms with Gasteiger partial charge in [0.25, 0.3) is 0 Å². The summed E-state index contributed by atoms with van der Waals surface area (Å²) in [5.41, 5.74) is -0.968. The number of ether oxygens (including phenoxy) is 1. The molecule has 0 fully saturated rings. The molecule has 0 radical (unpaired) electrons.